The number of benzene rings is 2. The van der Waals surface area contributed by atoms with Gasteiger partial charge in [-0.3, -0.25) is 19.0 Å². The highest BCUT2D eigenvalue weighted by Gasteiger charge is 2.17. The SMILES string of the molecule is CNC(=O)c1cc(=O)n(CC(=O)Nc2ccc3c(c2)OCO3)c2ccccc12. The second-order valence-corrected chi connectivity index (χ2v) is 6.19. The fourth-order valence-electron chi connectivity index (χ4n) is 3.14. The average Bonchev–Trinajstić information content (AvgIpc) is 3.17. The molecule has 0 saturated carbocycles. The zero-order valence-corrected chi connectivity index (χ0v) is 15.0. The Kier molecular flexibility index (Phi) is 4.44. The summed E-state index contributed by atoms with van der Waals surface area (Å²) < 4.78 is 11.9. The van der Waals surface area contributed by atoms with E-state index in [1.54, 1.807) is 42.5 Å². The third kappa shape index (κ3) is 3.16. The van der Waals surface area contributed by atoms with E-state index in [1.807, 2.05) is 0 Å². The molecule has 0 unspecified atom stereocenters. The second-order valence-electron chi connectivity index (χ2n) is 6.19. The van der Waals surface area contributed by atoms with Crippen molar-refractivity contribution in [3.63, 3.8) is 0 Å². The molecule has 1 aromatic heterocycles. The zero-order valence-electron chi connectivity index (χ0n) is 15.0. The molecule has 2 amide bonds. The van der Waals surface area contributed by atoms with Crippen LogP contribution in [0.2, 0.25) is 0 Å². The lowest BCUT2D eigenvalue weighted by molar-refractivity contribution is -0.116. The quantitative estimate of drug-likeness (QED) is 0.719. The van der Waals surface area contributed by atoms with E-state index in [0.717, 1.165) is 0 Å². The van der Waals surface area contributed by atoms with Crippen molar-refractivity contribution in [3.05, 3.63) is 64.4 Å². The maximum absolute atomic E-state index is 12.6. The topological polar surface area (TPSA) is 98.7 Å². The van der Waals surface area contributed by atoms with Crippen LogP contribution in [0.5, 0.6) is 11.5 Å². The first kappa shape index (κ1) is 17.6. The van der Waals surface area contributed by atoms with Crippen LogP contribution in [0, 0.1) is 0 Å². The Labute approximate surface area is 159 Å². The number of aromatic nitrogens is 1. The molecular weight excluding hydrogens is 362 g/mol. The van der Waals surface area contributed by atoms with Gasteiger partial charge in [0.2, 0.25) is 12.7 Å². The number of carbonyl (C=O) groups is 2. The number of hydrogen-bond acceptors (Lipinski definition) is 5. The van der Waals surface area contributed by atoms with Crippen LogP contribution in [0.15, 0.2) is 53.3 Å². The Balaban J connectivity index is 1.64. The van der Waals surface area contributed by atoms with Gasteiger partial charge in [-0.15, -0.1) is 0 Å². The molecule has 8 heteroatoms. The molecule has 3 aromatic rings. The van der Waals surface area contributed by atoms with E-state index in [4.69, 9.17) is 9.47 Å². The minimum Gasteiger partial charge on any atom is -0.454 e. The van der Waals surface area contributed by atoms with Crippen molar-refractivity contribution in [1.82, 2.24) is 9.88 Å². The smallest absolute Gasteiger partial charge is 0.252 e. The normalized spacial score (nSPS) is 12.0. The predicted molar refractivity (Wildman–Crippen MR) is 103 cm³/mol. The highest BCUT2D eigenvalue weighted by Crippen LogP contribution is 2.34. The van der Waals surface area contributed by atoms with Crippen LogP contribution < -0.4 is 25.7 Å². The first-order valence-electron chi connectivity index (χ1n) is 8.61. The van der Waals surface area contributed by atoms with Crippen LogP contribution in [-0.4, -0.2) is 30.2 Å². The van der Waals surface area contributed by atoms with Crippen molar-refractivity contribution in [2.24, 2.45) is 0 Å². The first-order chi connectivity index (χ1) is 13.6. The number of hydrogen-bond donors (Lipinski definition) is 2. The molecule has 1 aliphatic heterocycles. The summed E-state index contributed by atoms with van der Waals surface area (Å²) in [5.41, 5.74) is 0.886. The van der Waals surface area contributed by atoms with Gasteiger partial charge < -0.3 is 20.1 Å². The van der Waals surface area contributed by atoms with Crippen molar-refractivity contribution in [3.8, 4) is 11.5 Å². The number of amides is 2. The lowest BCUT2D eigenvalue weighted by Crippen LogP contribution is -2.30. The molecule has 0 bridgehead atoms. The molecule has 28 heavy (non-hydrogen) atoms. The van der Waals surface area contributed by atoms with Gasteiger partial charge in [0.25, 0.3) is 11.5 Å². The van der Waals surface area contributed by atoms with Gasteiger partial charge in [-0.2, -0.15) is 0 Å². The molecule has 0 saturated heterocycles. The van der Waals surface area contributed by atoms with Crippen molar-refractivity contribution in [2.45, 2.75) is 6.54 Å². The summed E-state index contributed by atoms with van der Waals surface area (Å²) in [5.74, 6) is 0.435. The summed E-state index contributed by atoms with van der Waals surface area (Å²) in [6.45, 7) is -0.0480. The maximum atomic E-state index is 12.6. The molecule has 2 heterocycles. The van der Waals surface area contributed by atoms with E-state index < -0.39 is 5.56 Å². The van der Waals surface area contributed by atoms with Gasteiger partial charge in [0.15, 0.2) is 11.5 Å². The van der Waals surface area contributed by atoms with E-state index in [9.17, 15) is 14.4 Å². The number of carbonyl (C=O) groups excluding carboxylic acids is 2. The minimum atomic E-state index is -0.432. The molecule has 0 spiro atoms. The first-order valence-corrected chi connectivity index (χ1v) is 8.61. The summed E-state index contributed by atoms with van der Waals surface area (Å²) in [5, 5.41) is 5.87. The molecule has 2 aromatic carbocycles. The van der Waals surface area contributed by atoms with E-state index in [-0.39, 0.29) is 30.7 Å². The van der Waals surface area contributed by atoms with Crippen LogP contribution in [0.4, 0.5) is 5.69 Å². The van der Waals surface area contributed by atoms with Crippen molar-refractivity contribution in [1.29, 1.82) is 0 Å². The molecule has 4 rings (SSSR count). The van der Waals surface area contributed by atoms with Gasteiger partial charge in [-0.1, -0.05) is 18.2 Å². The Morgan fingerprint density at radius 1 is 1.07 bits per heavy atom. The molecular formula is C20H17N3O5. The van der Waals surface area contributed by atoms with Crippen molar-refractivity contribution >= 4 is 28.4 Å². The summed E-state index contributed by atoms with van der Waals surface area (Å²) in [7, 11) is 1.50. The fraction of sp³-hybridized carbons (Fsp3) is 0.150. The summed E-state index contributed by atoms with van der Waals surface area (Å²) in [4.78, 5) is 37.2. The molecule has 0 aliphatic carbocycles. The van der Waals surface area contributed by atoms with Crippen molar-refractivity contribution < 1.29 is 19.1 Å². The highest BCUT2D eigenvalue weighted by atomic mass is 16.7. The average molecular weight is 379 g/mol. The number of nitrogens with zero attached hydrogens (tertiary/aromatic N) is 1. The Hall–Kier alpha value is -3.81. The minimum absolute atomic E-state index is 0.145. The number of para-hydroxylation sites is 1. The molecule has 2 N–H and O–H groups in total. The van der Waals surface area contributed by atoms with Crippen LogP contribution in [-0.2, 0) is 11.3 Å². The van der Waals surface area contributed by atoms with Crippen LogP contribution >= 0.6 is 0 Å². The molecule has 0 atom stereocenters. The van der Waals surface area contributed by atoms with E-state index in [2.05, 4.69) is 10.6 Å². The standard InChI is InChI=1S/C20H17N3O5/c1-21-20(26)14-9-19(25)23(15-5-3-2-4-13(14)15)10-18(24)22-12-6-7-16-17(8-12)28-11-27-16/h2-9H,10-11H2,1H3,(H,21,26)(H,22,24). The largest absolute Gasteiger partial charge is 0.454 e. The number of fused-ring (bicyclic) bond motifs is 2. The number of ether oxygens (including phenoxy) is 2. The van der Waals surface area contributed by atoms with Gasteiger partial charge in [-0.25, -0.2) is 0 Å². The third-order valence-corrected chi connectivity index (χ3v) is 4.45. The summed E-state index contributed by atoms with van der Waals surface area (Å²) in [6, 6.07) is 13.3. The fourth-order valence-corrected chi connectivity index (χ4v) is 3.14. The Bertz CT molecular complexity index is 1150. The number of pyridine rings is 1. The summed E-state index contributed by atoms with van der Waals surface area (Å²) >= 11 is 0. The molecule has 1 aliphatic rings. The monoisotopic (exact) mass is 379 g/mol. The Morgan fingerprint density at radius 3 is 2.68 bits per heavy atom. The van der Waals surface area contributed by atoms with E-state index in [1.165, 1.54) is 17.7 Å². The maximum Gasteiger partial charge on any atom is 0.252 e. The predicted octanol–water partition coefficient (Wildman–Crippen LogP) is 1.73. The van der Waals surface area contributed by atoms with Gasteiger partial charge in [-0.05, 0) is 18.2 Å². The second kappa shape index (κ2) is 7.07. The Morgan fingerprint density at radius 2 is 1.86 bits per heavy atom. The number of rotatable bonds is 4. The van der Waals surface area contributed by atoms with Gasteiger partial charge in [0.05, 0.1) is 11.1 Å². The zero-order chi connectivity index (χ0) is 19.7. The molecule has 142 valence electrons. The van der Waals surface area contributed by atoms with Gasteiger partial charge in [0.1, 0.15) is 6.54 Å². The lowest BCUT2D eigenvalue weighted by atomic mass is 10.1. The molecule has 0 fully saturated rings. The van der Waals surface area contributed by atoms with Crippen LogP contribution in [0.1, 0.15) is 10.4 Å². The third-order valence-electron chi connectivity index (χ3n) is 4.45. The number of nitrogens with one attached hydrogen (secondary N) is 2. The summed E-state index contributed by atoms with van der Waals surface area (Å²) in [6.07, 6.45) is 0. The van der Waals surface area contributed by atoms with Gasteiger partial charge in [0, 0.05) is 30.3 Å². The van der Waals surface area contributed by atoms with Crippen molar-refractivity contribution in [2.75, 3.05) is 19.2 Å². The van der Waals surface area contributed by atoms with Crippen LogP contribution in [0.25, 0.3) is 10.9 Å². The highest BCUT2D eigenvalue weighted by molar-refractivity contribution is 6.06. The number of anilines is 1. The van der Waals surface area contributed by atoms with Crippen LogP contribution in [0.3, 0.4) is 0 Å². The van der Waals surface area contributed by atoms with Gasteiger partial charge >= 0.3 is 0 Å². The van der Waals surface area contributed by atoms with E-state index in [0.29, 0.717) is 28.1 Å². The van der Waals surface area contributed by atoms with E-state index >= 15 is 0 Å². The molecule has 0 radical (unpaired) electrons. The lowest BCUT2D eigenvalue weighted by Gasteiger charge is -2.13. The molecule has 8 nitrogen and oxygen atoms in total.